The van der Waals surface area contributed by atoms with Crippen LogP contribution in [0.5, 0.6) is 0 Å². The minimum absolute atomic E-state index is 0.188. The molecule has 20 heavy (non-hydrogen) atoms. The van der Waals surface area contributed by atoms with Crippen molar-refractivity contribution in [3.05, 3.63) is 59.7 Å². The van der Waals surface area contributed by atoms with Crippen LogP contribution in [0.4, 0.5) is 10.2 Å². The number of nitrogens with zero attached hydrogens (tertiary/aromatic N) is 3. The van der Waals surface area contributed by atoms with Crippen LogP contribution in [0.25, 0.3) is 5.65 Å². The van der Waals surface area contributed by atoms with Gasteiger partial charge in [0, 0.05) is 18.8 Å². The fourth-order valence-electron chi connectivity index (χ4n) is 2.18. The molecule has 2 heterocycles. The van der Waals surface area contributed by atoms with Gasteiger partial charge < -0.3 is 5.32 Å². The highest BCUT2D eigenvalue weighted by Gasteiger charge is 2.01. The Hall–Kier alpha value is -2.43. The van der Waals surface area contributed by atoms with Crippen molar-refractivity contribution in [2.45, 2.75) is 13.3 Å². The van der Waals surface area contributed by atoms with Crippen LogP contribution in [-0.4, -0.2) is 21.1 Å². The summed E-state index contributed by atoms with van der Waals surface area (Å²) < 4.78 is 14.7. The number of aryl methyl sites for hydroxylation is 1. The average Bonchev–Trinajstić information content (AvgIpc) is 2.89. The molecule has 0 atom stereocenters. The largest absolute Gasteiger partial charge is 0.370 e. The molecule has 5 heteroatoms. The molecule has 4 nitrogen and oxygen atoms in total. The summed E-state index contributed by atoms with van der Waals surface area (Å²) in [6, 6.07) is 8.64. The van der Waals surface area contributed by atoms with Gasteiger partial charge >= 0.3 is 0 Å². The van der Waals surface area contributed by atoms with Crippen LogP contribution in [0.3, 0.4) is 0 Å². The zero-order chi connectivity index (χ0) is 13.9. The minimum atomic E-state index is -0.188. The molecule has 3 rings (SSSR count). The van der Waals surface area contributed by atoms with Crippen LogP contribution in [0.15, 0.2) is 42.7 Å². The Labute approximate surface area is 116 Å². The van der Waals surface area contributed by atoms with Crippen LogP contribution in [0.2, 0.25) is 0 Å². The Kier molecular flexibility index (Phi) is 3.33. The highest BCUT2D eigenvalue weighted by atomic mass is 19.1. The smallest absolute Gasteiger partial charge is 0.157 e. The van der Waals surface area contributed by atoms with Gasteiger partial charge in [-0.15, -0.1) is 0 Å². The van der Waals surface area contributed by atoms with Crippen molar-refractivity contribution in [3.63, 3.8) is 0 Å². The van der Waals surface area contributed by atoms with Crippen LogP contribution >= 0.6 is 0 Å². The van der Waals surface area contributed by atoms with Crippen molar-refractivity contribution in [1.82, 2.24) is 14.6 Å². The van der Waals surface area contributed by atoms with Crippen LogP contribution in [0.1, 0.15) is 11.1 Å². The second kappa shape index (κ2) is 5.28. The summed E-state index contributed by atoms with van der Waals surface area (Å²) >= 11 is 0. The van der Waals surface area contributed by atoms with E-state index < -0.39 is 0 Å². The molecule has 1 N–H and O–H groups in total. The summed E-state index contributed by atoms with van der Waals surface area (Å²) in [7, 11) is 0. The van der Waals surface area contributed by atoms with Crippen molar-refractivity contribution in [2.24, 2.45) is 0 Å². The van der Waals surface area contributed by atoms with Gasteiger partial charge in [0.05, 0.1) is 6.20 Å². The topological polar surface area (TPSA) is 42.2 Å². The molecule has 3 aromatic rings. The normalized spacial score (nSPS) is 10.9. The number of aromatic nitrogens is 3. The van der Waals surface area contributed by atoms with Gasteiger partial charge in [-0.3, -0.25) is 0 Å². The number of rotatable bonds is 4. The summed E-state index contributed by atoms with van der Waals surface area (Å²) in [6.45, 7) is 2.68. The zero-order valence-corrected chi connectivity index (χ0v) is 11.2. The molecule has 2 aromatic heterocycles. The summed E-state index contributed by atoms with van der Waals surface area (Å²) in [5.41, 5.74) is 2.93. The molecule has 0 aliphatic carbocycles. The number of hydrogen-bond acceptors (Lipinski definition) is 3. The maximum absolute atomic E-state index is 13.0. The van der Waals surface area contributed by atoms with E-state index in [2.05, 4.69) is 15.4 Å². The summed E-state index contributed by atoms with van der Waals surface area (Å²) in [5.74, 6) is 0.629. The molecular formula is C15H15FN4. The highest BCUT2D eigenvalue weighted by molar-refractivity contribution is 5.45. The average molecular weight is 270 g/mol. The number of fused-ring (bicyclic) bond motifs is 1. The molecule has 102 valence electrons. The molecule has 0 spiro atoms. The maximum Gasteiger partial charge on any atom is 0.157 e. The van der Waals surface area contributed by atoms with Crippen molar-refractivity contribution in [3.8, 4) is 0 Å². The molecule has 0 saturated heterocycles. The first-order valence-corrected chi connectivity index (χ1v) is 6.52. The molecule has 0 aliphatic rings. The van der Waals surface area contributed by atoms with E-state index >= 15 is 0 Å². The fourth-order valence-corrected chi connectivity index (χ4v) is 2.18. The Morgan fingerprint density at radius 1 is 1.25 bits per heavy atom. The first-order valence-electron chi connectivity index (χ1n) is 6.52. The van der Waals surface area contributed by atoms with E-state index in [9.17, 15) is 4.39 Å². The summed E-state index contributed by atoms with van der Waals surface area (Å²) in [4.78, 5) is 4.43. The minimum Gasteiger partial charge on any atom is -0.370 e. The second-order valence-corrected chi connectivity index (χ2v) is 4.69. The van der Waals surface area contributed by atoms with Crippen molar-refractivity contribution in [2.75, 3.05) is 11.9 Å². The van der Waals surface area contributed by atoms with E-state index in [4.69, 9.17) is 0 Å². The molecular weight excluding hydrogens is 255 g/mol. The van der Waals surface area contributed by atoms with Gasteiger partial charge in [0.2, 0.25) is 0 Å². The molecule has 0 aliphatic heterocycles. The lowest BCUT2D eigenvalue weighted by atomic mass is 10.1. The highest BCUT2D eigenvalue weighted by Crippen LogP contribution is 2.11. The lowest BCUT2D eigenvalue weighted by Gasteiger charge is -2.08. The van der Waals surface area contributed by atoms with Gasteiger partial charge in [-0.2, -0.15) is 5.10 Å². The van der Waals surface area contributed by atoms with Crippen LogP contribution in [0, 0.1) is 12.7 Å². The lowest BCUT2D eigenvalue weighted by Crippen LogP contribution is -2.08. The Morgan fingerprint density at radius 3 is 3.00 bits per heavy atom. The monoisotopic (exact) mass is 270 g/mol. The third-order valence-corrected chi connectivity index (χ3v) is 3.26. The number of anilines is 1. The van der Waals surface area contributed by atoms with Crippen LogP contribution in [-0.2, 0) is 6.42 Å². The van der Waals surface area contributed by atoms with E-state index in [1.165, 1.54) is 6.07 Å². The van der Waals surface area contributed by atoms with E-state index in [1.54, 1.807) is 16.8 Å². The number of benzene rings is 1. The van der Waals surface area contributed by atoms with Crippen molar-refractivity contribution >= 4 is 11.5 Å². The fraction of sp³-hybridized carbons (Fsp3) is 0.200. The Bertz CT molecular complexity index is 736. The van der Waals surface area contributed by atoms with Gasteiger partial charge in [-0.05, 0) is 42.7 Å². The van der Waals surface area contributed by atoms with Gasteiger partial charge in [0.1, 0.15) is 11.6 Å². The molecule has 1 aromatic carbocycles. The lowest BCUT2D eigenvalue weighted by molar-refractivity contribution is 0.625. The maximum atomic E-state index is 13.0. The van der Waals surface area contributed by atoms with Crippen LogP contribution < -0.4 is 5.32 Å². The quantitative estimate of drug-likeness (QED) is 0.792. The van der Waals surface area contributed by atoms with E-state index in [0.717, 1.165) is 35.6 Å². The van der Waals surface area contributed by atoms with Gasteiger partial charge in [-0.1, -0.05) is 6.07 Å². The Morgan fingerprint density at radius 2 is 2.15 bits per heavy atom. The number of halogens is 1. The third kappa shape index (κ3) is 2.61. The van der Waals surface area contributed by atoms with E-state index in [-0.39, 0.29) is 5.82 Å². The first-order chi connectivity index (χ1) is 9.72. The molecule has 0 unspecified atom stereocenters. The summed E-state index contributed by atoms with van der Waals surface area (Å²) in [5, 5.41) is 7.37. The number of hydrogen-bond donors (Lipinski definition) is 1. The Balaban J connectivity index is 1.64. The van der Waals surface area contributed by atoms with E-state index in [1.807, 2.05) is 31.3 Å². The SMILES string of the molecule is Cc1cc(F)ccc1CCNc1ccn2nccc2n1. The van der Waals surface area contributed by atoms with Crippen molar-refractivity contribution in [1.29, 1.82) is 0 Å². The standard InChI is InChI=1S/C15H15FN4/c1-11-10-13(16)3-2-12(11)4-7-17-14-6-9-20-15(19-14)5-8-18-20/h2-3,5-6,8-10H,4,7H2,1H3,(H,17,19). The van der Waals surface area contributed by atoms with Crippen molar-refractivity contribution < 1.29 is 4.39 Å². The third-order valence-electron chi connectivity index (χ3n) is 3.26. The first kappa shape index (κ1) is 12.6. The molecule has 0 saturated carbocycles. The molecule has 0 bridgehead atoms. The predicted octanol–water partition coefficient (Wildman–Crippen LogP) is 2.83. The number of nitrogens with one attached hydrogen (secondary N) is 1. The second-order valence-electron chi connectivity index (χ2n) is 4.69. The van der Waals surface area contributed by atoms with Gasteiger partial charge in [0.15, 0.2) is 5.65 Å². The summed E-state index contributed by atoms with van der Waals surface area (Å²) in [6.07, 6.45) is 4.42. The zero-order valence-electron chi connectivity index (χ0n) is 11.2. The van der Waals surface area contributed by atoms with Gasteiger partial charge in [-0.25, -0.2) is 13.9 Å². The molecule has 0 fully saturated rings. The molecule has 0 amide bonds. The van der Waals surface area contributed by atoms with E-state index in [0.29, 0.717) is 0 Å². The predicted molar refractivity (Wildman–Crippen MR) is 76.3 cm³/mol. The molecule has 0 radical (unpaired) electrons. The van der Waals surface area contributed by atoms with Gasteiger partial charge in [0.25, 0.3) is 0 Å².